The molecule has 0 bridgehead atoms. The molecule has 1 aliphatic heterocycles. The molecule has 0 saturated heterocycles. The molecule has 0 unspecified atom stereocenters. The minimum absolute atomic E-state index is 0.0919. The number of aromatic amines is 1. The average Bonchev–Trinajstić information content (AvgIpc) is 2.66. The summed E-state index contributed by atoms with van der Waals surface area (Å²) in [5.74, 6) is 0.515. The Kier molecular flexibility index (Phi) is 4.79. The fraction of sp³-hybridized carbons (Fsp3) is 0.176. The summed E-state index contributed by atoms with van der Waals surface area (Å²) in [6.07, 6.45) is 3.52. The number of hydrogen-bond acceptors (Lipinski definition) is 6. The molecule has 4 rings (SSSR count). The number of benzene rings is 1. The van der Waals surface area contributed by atoms with E-state index in [1.54, 1.807) is 0 Å². The lowest BCUT2D eigenvalue weighted by Crippen LogP contribution is -2.33. The standard InChI is InChI=1S/C17H12BrClFN5O2/c18-11-5-9(20)1-2-14(11)27-17-10-3-4-25(7-12(10)21-8-22-17)13-6-23-24-16(26)15(13)19/h1-2,5-6,8H,3-4,7H2,(H,24,26). The van der Waals surface area contributed by atoms with Crippen LogP contribution in [0.15, 0.2) is 40.0 Å². The molecule has 10 heteroatoms. The van der Waals surface area contributed by atoms with Crippen LogP contribution >= 0.6 is 27.5 Å². The Hall–Kier alpha value is -2.52. The molecule has 0 spiro atoms. The quantitative estimate of drug-likeness (QED) is 0.655. The largest absolute Gasteiger partial charge is 0.437 e. The lowest BCUT2D eigenvalue weighted by molar-refractivity contribution is 0.445. The van der Waals surface area contributed by atoms with Crippen molar-refractivity contribution in [2.75, 3.05) is 11.4 Å². The average molecular weight is 453 g/mol. The number of halogens is 3. The first-order chi connectivity index (χ1) is 13.0. The predicted octanol–water partition coefficient (Wildman–Crippen LogP) is 3.47. The molecule has 0 saturated carbocycles. The molecule has 0 amide bonds. The van der Waals surface area contributed by atoms with Gasteiger partial charge in [0.15, 0.2) is 0 Å². The van der Waals surface area contributed by atoms with Crippen LogP contribution in [0.25, 0.3) is 0 Å². The molecule has 1 aliphatic rings. The van der Waals surface area contributed by atoms with Crippen molar-refractivity contribution in [1.82, 2.24) is 20.2 Å². The van der Waals surface area contributed by atoms with Crippen LogP contribution in [-0.2, 0) is 13.0 Å². The SMILES string of the molecule is O=c1[nH]ncc(N2CCc3c(ncnc3Oc3ccc(F)cc3Br)C2)c1Cl. The molecule has 0 atom stereocenters. The molecular formula is C17H12BrClFN5O2. The van der Waals surface area contributed by atoms with Gasteiger partial charge in [-0.2, -0.15) is 5.10 Å². The van der Waals surface area contributed by atoms with Gasteiger partial charge in [0.05, 0.1) is 28.6 Å². The Labute approximate surface area is 166 Å². The van der Waals surface area contributed by atoms with Gasteiger partial charge in [0, 0.05) is 12.1 Å². The number of nitrogens with zero attached hydrogens (tertiary/aromatic N) is 4. The summed E-state index contributed by atoms with van der Waals surface area (Å²) in [4.78, 5) is 22.2. The van der Waals surface area contributed by atoms with E-state index < -0.39 is 5.56 Å². The van der Waals surface area contributed by atoms with Gasteiger partial charge in [-0.15, -0.1) is 0 Å². The van der Waals surface area contributed by atoms with Crippen molar-refractivity contribution in [2.45, 2.75) is 13.0 Å². The van der Waals surface area contributed by atoms with Gasteiger partial charge >= 0.3 is 0 Å². The topological polar surface area (TPSA) is 84.0 Å². The highest BCUT2D eigenvalue weighted by molar-refractivity contribution is 9.10. The second-order valence-corrected chi connectivity index (χ2v) is 7.08. The van der Waals surface area contributed by atoms with E-state index in [9.17, 15) is 9.18 Å². The zero-order valence-corrected chi connectivity index (χ0v) is 16.1. The Morgan fingerprint density at radius 2 is 2.19 bits per heavy atom. The Bertz CT molecular complexity index is 1080. The Morgan fingerprint density at radius 3 is 3.00 bits per heavy atom. The number of fused-ring (bicyclic) bond motifs is 1. The Morgan fingerprint density at radius 1 is 1.33 bits per heavy atom. The van der Waals surface area contributed by atoms with Crippen LogP contribution in [0.5, 0.6) is 11.6 Å². The molecule has 2 aromatic heterocycles. The van der Waals surface area contributed by atoms with Gasteiger partial charge in [0.1, 0.15) is 22.9 Å². The second-order valence-electron chi connectivity index (χ2n) is 5.85. The first kappa shape index (κ1) is 17.9. The third-order valence-corrected chi connectivity index (χ3v) is 5.17. The maximum absolute atomic E-state index is 13.3. The summed E-state index contributed by atoms with van der Waals surface area (Å²) >= 11 is 9.39. The summed E-state index contributed by atoms with van der Waals surface area (Å²) in [7, 11) is 0. The van der Waals surface area contributed by atoms with Gasteiger partial charge in [0.2, 0.25) is 5.88 Å². The van der Waals surface area contributed by atoms with Crippen LogP contribution in [0.1, 0.15) is 11.3 Å². The molecule has 3 aromatic rings. The summed E-state index contributed by atoms with van der Waals surface area (Å²) in [5, 5.41) is 6.20. The Balaban J connectivity index is 1.63. The van der Waals surface area contributed by atoms with Crippen molar-refractivity contribution in [2.24, 2.45) is 0 Å². The van der Waals surface area contributed by atoms with Crippen LogP contribution in [0.3, 0.4) is 0 Å². The highest BCUT2D eigenvalue weighted by Crippen LogP contribution is 2.34. The first-order valence-corrected chi connectivity index (χ1v) is 9.14. The van der Waals surface area contributed by atoms with Crippen LogP contribution in [0, 0.1) is 5.82 Å². The molecular weight excluding hydrogens is 441 g/mol. The third kappa shape index (κ3) is 3.52. The van der Waals surface area contributed by atoms with Crippen molar-refractivity contribution >= 4 is 33.2 Å². The van der Waals surface area contributed by atoms with Gasteiger partial charge in [-0.25, -0.2) is 19.5 Å². The van der Waals surface area contributed by atoms with Crippen molar-refractivity contribution in [3.8, 4) is 11.6 Å². The van der Waals surface area contributed by atoms with E-state index in [4.69, 9.17) is 16.3 Å². The lowest BCUT2D eigenvalue weighted by Gasteiger charge is -2.30. The maximum Gasteiger partial charge on any atom is 0.285 e. The van der Waals surface area contributed by atoms with Crippen molar-refractivity contribution in [3.05, 3.63) is 67.6 Å². The molecule has 3 heterocycles. The fourth-order valence-electron chi connectivity index (χ4n) is 2.87. The number of ether oxygens (including phenoxy) is 1. The van der Waals surface area contributed by atoms with Gasteiger partial charge in [-0.1, -0.05) is 11.6 Å². The summed E-state index contributed by atoms with van der Waals surface area (Å²) in [6.45, 7) is 1.02. The molecule has 0 fully saturated rings. The second kappa shape index (κ2) is 7.24. The smallest absolute Gasteiger partial charge is 0.285 e. The number of rotatable bonds is 3. The summed E-state index contributed by atoms with van der Waals surface area (Å²) in [6, 6.07) is 4.18. The molecule has 27 heavy (non-hydrogen) atoms. The number of H-pyrrole nitrogens is 1. The van der Waals surface area contributed by atoms with Crippen molar-refractivity contribution in [3.63, 3.8) is 0 Å². The molecule has 1 N–H and O–H groups in total. The normalized spacial score (nSPS) is 13.4. The minimum atomic E-state index is -0.437. The molecule has 7 nitrogen and oxygen atoms in total. The van der Waals surface area contributed by atoms with Gasteiger partial charge in [0.25, 0.3) is 5.56 Å². The molecule has 1 aromatic carbocycles. The zero-order valence-electron chi connectivity index (χ0n) is 13.7. The monoisotopic (exact) mass is 451 g/mol. The summed E-state index contributed by atoms with van der Waals surface area (Å²) < 4.78 is 19.6. The first-order valence-electron chi connectivity index (χ1n) is 7.96. The summed E-state index contributed by atoms with van der Waals surface area (Å²) in [5.41, 5.74) is 1.74. The van der Waals surface area contributed by atoms with Gasteiger partial charge in [-0.3, -0.25) is 4.79 Å². The van der Waals surface area contributed by atoms with E-state index in [1.807, 2.05) is 4.90 Å². The number of anilines is 1. The molecule has 0 aliphatic carbocycles. The van der Waals surface area contributed by atoms with E-state index in [-0.39, 0.29) is 10.8 Å². The predicted molar refractivity (Wildman–Crippen MR) is 101 cm³/mol. The van der Waals surface area contributed by atoms with Gasteiger partial charge < -0.3 is 9.64 Å². The van der Waals surface area contributed by atoms with Crippen molar-refractivity contribution < 1.29 is 9.13 Å². The molecule has 138 valence electrons. The fourth-order valence-corrected chi connectivity index (χ4v) is 3.52. The van der Waals surface area contributed by atoms with E-state index in [0.717, 1.165) is 11.3 Å². The highest BCUT2D eigenvalue weighted by atomic mass is 79.9. The van der Waals surface area contributed by atoms with Crippen molar-refractivity contribution in [1.29, 1.82) is 0 Å². The van der Waals surface area contributed by atoms with Crippen LogP contribution in [0.2, 0.25) is 5.02 Å². The molecule has 0 radical (unpaired) electrons. The highest BCUT2D eigenvalue weighted by Gasteiger charge is 2.24. The van der Waals surface area contributed by atoms with E-state index in [1.165, 1.54) is 30.7 Å². The third-order valence-electron chi connectivity index (χ3n) is 4.19. The number of aromatic nitrogens is 4. The number of nitrogens with one attached hydrogen (secondary N) is 1. The lowest BCUT2D eigenvalue weighted by atomic mass is 10.1. The van der Waals surface area contributed by atoms with Crippen LogP contribution < -0.4 is 15.2 Å². The van der Waals surface area contributed by atoms with Crippen LogP contribution in [-0.4, -0.2) is 26.7 Å². The maximum atomic E-state index is 13.3. The zero-order chi connectivity index (χ0) is 19.0. The van der Waals surface area contributed by atoms with E-state index in [0.29, 0.717) is 41.3 Å². The van der Waals surface area contributed by atoms with E-state index >= 15 is 0 Å². The van der Waals surface area contributed by atoms with E-state index in [2.05, 4.69) is 36.1 Å². The minimum Gasteiger partial charge on any atom is -0.437 e. The number of hydrogen-bond donors (Lipinski definition) is 1. The van der Waals surface area contributed by atoms with Gasteiger partial charge in [-0.05, 0) is 40.5 Å². The van der Waals surface area contributed by atoms with Crippen LogP contribution in [0.4, 0.5) is 10.1 Å².